The van der Waals surface area contributed by atoms with E-state index in [0.29, 0.717) is 18.8 Å². The molecule has 0 bridgehead atoms. The van der Waals surface area contributed by atoms with Gasteiger partial charge in [-0.1, -0.05) is 76.2 Å². The van der Waals surface area contributed by atoms with Crippen LogP contribution in [0.15, 0.2) is 66.7 Å². The molecule has 0 saturated carbocycles. The normalized spacial score (nSPS) is 12.3. The van der Waals surface area contributed by atoms with Crippen LogP contribution in [0.1, 0.15) is 58.2 Å². The minimum absolute atomic E-state index is 0.0104. The molecule has 1 heterocycles. The van der Waals surface area contributed by atoms with Gasteiger partial charge in [0.25, 0.3) is 0 Å². The number of carbonyl (C=O) groups excluding carboxylic acids is 2. The van der Waals surface area contributed by atoms with E-state index in [4.69, 9.17) is 5.10 Å². The Morgan fingerprint density at radius 3 is 2.15 bits per heavy atom. The fourth-order valence-corrected chi connectivity index (χ4v) is 3.76. The highest BCUT2D eigenvalue weighted by molar-refractivity contribution is 5.95. The van der Waals surface area contributed by atoms with Crippen LogP contribution in [-0.2, 0) is 15.0 Å². The van der Waals surface area contributed by atoms with E-state index in [1.807, 2.05) is 80.6 Å². The summed E-state index contributed by atoms with van der Waals surface area (Å²) < 4.78 is 1.75. The lowest BCUT2D eigenvalue weighted by atomic mass is 9.92. The van der Waals surface area contributed by atoms with Crippen LogP contribution in [-0.4, -0.2) is 39.6 Å². The van der Waals surface area contributed by atoms with Crippen LogP contribution >= 0.6 is 0 Å². The molecule has 174 valence electrons. The van der Waals surface area contributed by atoms with Gasteiger partial charge in [0.15, 0.2) is 0 Å². The van der Waals surface area contributed by atoms with Crippen LogP contribution < -0.4 is 5.32 Å². The minimum atomic E-state index is -0.263. The maximum absolute atomic E-state index is 13.2. The van der Waals surface area contributed by atoms with Gasteiger partial charge in [-0.25, -0.2) is 4.68 Å². The van der Waals surface area contributed by atoms with Crippen LogP contribution in [0.5, 0.6) is 0 Å². The average Bonchev–Trinajstić information content (AvgIpc) is 3.23. The number of nitrogens with zero attached hydrogens (tertiary/aromatic N) is 3. The Labute approximate surface area is 196 Å². The van der Waals surface area contributed by atoms with E-state index in [1.54, 1.807) is 9.58 Å². The average molecular weight is 447 g/mol. The Morgan fingerprint density at radius 1 is 1.00 bits per heavy atom. The van der Waals surface area contributed by atoms with Gasteiger partial charge in [0.2, 0.25) is 11.8 Å². The first-order valence-corrected chi connectivity index (χ1v) is 11.5. The molecule has 1 N–H and O–H groups in total. The van der Waals surface area contributed by atoms with Crippen molar-refractivity contribution in [3.8, 4) is 5.69 Å². The molecular weight excluding hydrogens is 412 g/mol. The standard InChI is InChI=1S/C27H34N4O2/c1-6-22(20-14-10-8-11-15-20)26(33)30(7-2)19-25(32)28-24-18-23(27(3,4)5)29-31(24)21-16-12-9-13-17-21/h8-18,22H,6-7,19H2,1-5H3,(H,28,32). The van der Waals surface area contributed by atoms with E-state index in [0.717, 1.165) is 16.9 Å². The predicted octanol–water partition coefficient (Wildman–Crippen LogP) is 5.15. The molecule has 0 radical (unpaired) electrons. The maximum atomic E-state index is 13.2. The summed E-state index contributed by atoms with van der Waals surface area (Å²) in [5.74, 6) is 0.0509. The second-order valence-electron chi connectivity index (χ2n) is 9.18. The van der Waals surface area contributed by atoms with Crippen LogP contribution in [0.2, 0.25) is 0 Å². The highest BCUT2D eigenvalue weighted by Gasteiger charge is 2.26. The zero-order chi connectivity index (χ0) is 24.0. The van der Waals surface area contributed by atoms with Gasteiger partial charge in [0.1, 0.15) is 5.82 Å². The number of para-hydroxylation sites is 1. The first-order chi connectivity index (χ1) is 15.7. The van der Waals surface area contributed by atoms with E-state index in [9.17, 15) is 9.59 Å². The molecule has 6 heteroatoms. The molecule has 1 unspecified atom stereocenters. The van der Waals surface area contributed by atoms with Crippen molar-refractivity contribution >= 4 is 17.6 Å². The third-order valence-electron chi connectivity index (χ3n) is 5.68. The Balaban J connectivity index is 1.80. The predicted molar refractivity (Wildman–Crippen MR) is 133 cm³/mol. The number of benzene rings is 2. The summed E-state index contributed by atoms with van der Waals surface area (Å²) >= 11 is 0. The van der Waals surface area contributed by atoms with Crippen molar-refractivity contribution in [2.45, 2.75) is 52.4 Å². The first-order valence-electron chi connectivity index (χ1n) is 11.5. The zero-order valence-corrected chi connectivity index (χ0v) is 20.2. The fourth-order valence-electron chi connectivity index (χ4n) is 3.76. The number of aromatic nitrogens is 2. The number of anilines is 1. The van der Waals surface area contributed by atoms with Crippen LogP contribution in [0.3, 0.4) is 0 Å². The number of likely N-dealkylation sites (N-methyl/N-ethyl adjacent to an activating group) is 1. The van der Waals surface area contributed by atoms with Crippen molar-refractivity contribution in [1.82, 2.24) is 14.7 Å². The lowest BCUT2D eigenvalue weighted by Gasteiger charge is -2.25. The van der Waals surface area contributed by atoms with E-state index in [-0.39, 0.29) is 29.7 Å². The molecule has 6 nitrogen and oxygen atoms in total. The van der Waals surface area contributed by atoms with Gasteiger partial charge in [-0.2, -0.15) is 5.10 Å². The molecule has 0 fully saturated rings. The third kappa shape index (κ3) is 5.89. The molecule has 0 aliphatic heterocycles. The second kappa shape index (κ2) is 10.5. The van der Waals surface area contributed by atoms with Gasteiger partial charge >= 0.3 is 0 Å². The summed E-state index contributed by atoms with van der Waals surface area (Å²) in [6.07, 6.45) is 0.677. The molecule has 3 rings (SSSR count). The SMILES string of the molecule is CCC(C(=O)N(CC)CC(=O)Nc1cc(C(C)(C)C)nn1-c1ccccc1)c1ccccc1. The summed E-state index contributed by atoms with van der Waals surface area (Å²) in [7, 11) is 0. The van der Waals surface area contributed by atoms with Crippen LogP contribution in [0.4, 0.5) is 5.82 Å². The van der Waals surface area contributed by atoms with Gasteiger partial charge in [0.05, 0.1) is 23.8 Å². The molecule has 1 aromatic heterocycles. The van der Waals surface area contributed by atoms with Gasteiger partial charge in [-0.05, 0) is 31.0 Å². The smallest absolute Gasteiger partial charge is 0.245 e. The Kier molecular flexibility index (Phi) is 7.69. The Morgan fingerprint density at radius 2 is 1.61 bits per heavy atom. The van der Waals surface area contributed by atoms with E-state index in [1.165, 1.54) is 0 Å². The number of rotatable bonds is 8. The molecule has 0 aliphatic rings. The number of nitrogens with one attached hydrogen (secondary N) is 1. The molecule has 0 aliphatic carbocycles. The fraction of sp³-hybridized carbons (Fsp3) is 0.370. The Hall–Kier alpha value is -3.41. The largest absolute Gasteiger partial charge is 0.333 e. The van der Waals surface area contributed by atoms with Crippen molar-refractivity contribution in [2.75, 3.05) is 18.4 Å². The summed E-state index contributed by atoms with van der Waals surface area (Å²) in [5.41, 5.74) is 2.54. The maximum Gasteiger partial charge on any atom is 0.245 e. The monoisotopic (exact) mass is 446 g/mol. The van der Waals surface area contributed by atoms with Gasteiger partial charge < -0.3 is 10.2 Å². The highest BCUT2D eigenvalue weighted by atomic mass is 16.2. The molecule has 0 saturated heterocycles. The summed E-state index contributed by atoms with van der Waals surface area (Å²) in [6, 6.07) is 21.4. The molecule has 1 atom stereocenters. The van der Waals surface area contributed by atoms with E-state index < -0.39 is 0 Å². The minimum Gasteiger partial charge on any atom is -0.333 e. The lowest BCUT2D eigenvalue weighted by molar-refractivity contribution is -0.135. The van der Waals surface area contributed by atoms with Crippen molar-refractivity contribution in [3.05, 3.63) is 78.0 Å². The number of hydrogen-bond donors (Lipinski definition) is 1. The Bertz CT molecular complexity index is 1070. The van der Waals surface area contributed by atoms with Gasteiger partial charge in [0, 0.05) is 18.0 Å². The summed E-state index contributed by atoms with van der Waals surface area (Å²) in [6.45, 7) is 10.6. The zero-order valence-electron chi connectivity index (χ0n) is 20.2. The topological polar surface area (TPSA) is 67.2 Å². The van der Waals surface area contributed by atoms with Gasteiger partial charge in [-0.15, -0.1) is 0 Å². The first kappa shape index (κ1) is 24.2. The third-order valence-corrected chi connectivity index (χ3v) is 5.68. The summed E-state index contributed by atoms with van der Waals surface area (Å²) in [5, 5.41) is 7.73. The molecule has 0 spiro atoms. The lowest BCUT2D eigenvalue weighted by Crippen LogP contribution is -2.40. The number of hydrogen-bond acceptors (Lipinski definition) is 3. The molecule has 2 aromatic carbocycles. The van der Waals surface area contributed by atoms with E-state index in [2.05, 4.69) is 26.1 Å². The van der Waals surface area contributed by atoms with Crippen LogP contribution in [0.25, 0.3) is 5.69 Å². The van der Waals surface area contributed by atoms with Crippen molar-refractivity contribution in [1.29, 1.82) is 0 Å². The van der Waals surface area contributed by atoms with E-state index >= 15 is 0 Å². The molecular formula is C27H34N4O2. The van der Waals surface area contributed by atoms with Crippen molar-refractivity contribution < 1.29 is 9.59 Å². The number of carbonyl (C=O) groups is 2. The quantitative estimate of drug-likeness (QED) is 0.520. The van der Waals surface area contributed by atoms with Crippen molar-refractivity contribution in [2.24, 2.45) is 0 Å². The second-order valence-corrected chi connectivity index (χ2v) is 9.18. The molecule has 2 amide bonds. The molecule has 3 aromatic rings. The number of amides is 2. The van der Waals surface area contributed by atoms with Crippen LogP contribution in [0, 0.1) is 0 Å². The van der Waals surface area contributed by atoms with Gasteiger partial charge in [-0.3, -0.25) is 9.59 Å². The summed E-state index contributed by atoms with van der Waals surface area (Å²) in [4.78, 5) is 27.9. The van der Waals surface area contributed by atoms with Crippen molar-refractivity contribution in [3.63, 3.8) is 0 Å². The highest BCUT2D eigenvalue weighted by Crippen LogP contribution is 2.26. The molecule has 33 heavy (non-hydrogen) atoms.